The summed E-state index contributed by atoms with van der Waals surface area (Å²) in [7, 11) is 1.97. The largest absolute Gasteiger partial charge is 0.469 e. The van der Waals surface area contributed by atoms with Crippen molar-refractivity contribution in [3.63, 3.8) is 0 Å². The van der Waals surface area contributed by atoms with Crippen LogP contribution in [-0.4, -0.2) is 7.05 Å². The number of hydrogen-bond donors (Lipinski definition) is 1. The van der Waals surface area contributed by atoms with Gasteiger partial charge < -0.3 is 20.2 Å². The molecule has 2 heteroatoms. The van der Waals surface area contributed by atoms with Gasteiger partial charge in [0.15, 0.2) is 0 Å². The summed E-state index contributed by atoms with van der Waals surface area (Å²) in [6, 6.07) is 1.43. The predicted octanol–water partition coefficient (Wildman–Crippen LogP) is 1.99. The second kappa shape index (κ2) is 9.39. The second-order valence-corrected chi connectivity index (χ2v) is 1.73. The Morgan fingerprint density at radius 3 is 1.80 bits per heavy atom. The van der Waals surface area contributed by atoms with Gasteiger partial charge in [-0.3, -0.25) is 0 Å². The Kier molecular flexibility index (Phi) is 15.7. The minimum Gasteiger partial charge on any atom is -0.469 e. The molecule has 0 aromatic heterocycles. The number of rotatable bonds is 1. The van der Waals surface area contributed by atoms with E-state index in [1.54, 1.807) is 0 Å². The number of nitrogens with one attached hydrogen (secondary N) is 1. The SMILES string of the molecule is CN[C-]1CC=CC1.[CH3-].[CH3-].[Pt]. The maximum absolute atomic E-state index is 3.12. The molecule has 0 amide bonds. The van der Waals surface area contributed by atoms with Gasteiger partial charge in [0.05, 0.1) is 0 Å². The summed E-state index contributed by atoms with van der Waals surface area (Å²) in [5, 5.41) is 3.12. The molecule has 0 spiro atoms. The summed E-state index contributed by atoms with van der Waals surface area (Å²) in [6.07, 6.45) is 6.64. The predicted molar refractivity (Wildman–Crippen MR) is 43.5 cm³/mol. The summed E-state index contributed by atoms with van der Waals surface area (Å²) in [6.45, 7) is 0. The minimum absolute atomic E-state index is 0. The van der Waals surface area contributed by atoms with Gasteiger partial charge in [0.2, 0.25) is 0 Å². The third kappa shape index (κ3) is 5.20. The fraction of sp³-hybridized carbons (Fsp3) is 0.375. The van der Waals surface area contributed by atoms with Crippen LogP contribution in [0.25, 0.3) is 0 Å². The molecular weight excluding hydrogens is 305 g/mol. The van der Waals surface area contributed by atoms with Crippen molar-refractivity contribution in [2.75, 3.05) is 7.05 Å². The molecular formula is C8H16NPt-3. The Hall–Kier alpha value is 0.388. The Morgan fingerprint density at radius 2 is 1.60 bits per heavy atom. The normalized spacial score (nSPS) is 14.9. The van der Waals surface area contributed by atoms with E-state index in [2.05, 4.69) is 17.5 Å². The van der Waals surface area contributed by atoms with Gasteiger partial charge in [-0.15, -0.1) is 25.0 Å². The van der Waals surface area contributed by atoms with E-state index in [-0.39, 0.29) is 35.9 Å². The Labute approximate surface area is 79.5 Å². The molecule has 1 aliphatic rings. The van der Waals surface area contributed by atoms with E-state index >= 15 is 0 Å². The standard InChI is InChI=1S/C6H10N.2CH3.Pt/c1-7-6-4-2-3-5-6;;;/h2-3,7H,4-5H2,1H3;2*1H3;/q3*-1;. The molecule has 0 aromatic carbocycles. The molecule has 10 heavy (non-hydrogen) atoms. The molecule has 1 aliphatic carbocycles. The third-order valence-corrected chi connectivity index (χ3v) is 1.25. The quantitative estimate of drug-likeness (QED) is 0.575. The van der Waals surface area contributed by atoms with Crippen LogP contribution in [0.15, 0.2) is 12.2 Å². The number of hydrogen-bond acceptors (Lipinski definition) is 1. The molecule has 1 N–H and O–H groups in total. The van der Waals surface area contributed by atoms with Crippen LogP contribution in [0.1, 0.15) is 12.8 Å². The van der Waals surface area contributed by atoms with Gasteiger partial charge in [-0.25, -0.2) is 6.04 Å². The van der Waals surface area contributed by atoms with Crippen molar-refractivity contribution in [3.8, 4) is 0 Å². The molecule has 0 fully saturated rings. The van der Waals surface area contributed by atoms with Crippen molar-refractivity contribution in [1.82, 2.24) is 5.32 Å². The molecule has 1 nitrogen and oxygen atoms in total. The Balaban J connectivity index is -0.000000163. The average molecular weight is 321 g/mol. The molecule has 0 saturated carbocycles. The molecule has 0 aliphatic heterocycles. The van der Waals surface area contributed by atoms with Crippen LogP contribution in [0.5, 0.6) is 0 Å². The summed E-state index contributed by atoms with van der Waals surface area (Å²) in [5.41, 5.74) is 0. The topological polar surface area (TPSA) is 12.0 Å². The smallest absolute Gasteiger partial charge is 0 e. The van der Waals surface area contributed by atoms with Gasteiger partial charge in [-0.1, -0.05) is 0 Å². The molecule has 0 atom stereocenters. The van der Waals surface area contributed by atoms with Crippen molar-refractivity contribution in [3.05, 3.63) is 33.0 Å². The van der Waals surface area contributed by atoms with Crippen molar-refractivity contribution in [2.45, 2.75) is 12.8 Å². The van der Waals surface area contributed by atoms with Crippen LogP contribution in [0.3, 0.4) is 0 Å². The molecule has 66 valence electrons. The van der Waals surface area contributed by atoms with Crippen LogP contribution >= 0.6 is 0 Å². The van der Waals surface area contributed by atoms with Gasteiger partial charge in [0.1, 0.15) is 0 Å². The summed E-state index contributed by atoms with van der Waals surface area (Å²) in [5.74, 6) is 0. The second-order valence-electron chi connectivity index (χ2n) is 1.73. The molecule has 0 saturated heterocycles. The van der Waals surface area contributed by atoms with Crippen LogP contribution in [0, 0.1) is 20.9 Å². The van der Waals surface area contributed by atoms with Crippen LogP contribution in [0.2, 0.25) is 0 Å². The third-order valence-electron chi connectivity index (χ3n) is 1.25. The summed E-state index contributed by atoms with van der Waals surface area (Å²) in [4.78, 5) is 0. The van der Waals surface area contributed by atoms with Gasteiger partial charge in [0, 0.05) is 21.1 Å². The van der Waals surface area contributed by atoms with Crippen molar-refractivity contribution < 1.29 is 21.1 Å². The van der Waals surface area contributed by atoms with E-state index in [0.717, 1.165) is 12.8 Å². The van der Waals surface area contributed by atoms with Crippen molar-refractivity contribution in [1.29, 1.82) is 0 Å². The van der Waals surface area contributed by atoms with E-state index in [1.807, 2.05) is 7.05 Å². The first-order chi connectivity index (χ1) is 3.43. The summed E-state index contributed by atoms with van der Waals surface area (Å²) < 4.78 is 0. The zero-order valence-electron chi connectivity index (χ0n) is 6.89. The van der Waals surface area contributed by atoms with Crippen LogP contribution < -0.4 is 5.32 Å². The zero-order chi connectivity index (χ0) is 5.11. The molecule has 0 radical (unpaired) electrons. The maximum atomic E-state index is 3.12. The van der Waals surface area contributed by atoms with Crippen molar-refractivity contribution in [2.24, 2.45) is 0 Å². The van der Waals surface area contributed by atoms with E-state index in [0.29, 0.717) is 0 Å². The average Bonchev–Trinajstić information content (AvgIpc) is 2.14. The van der Waals surface area contributed by atoms with Crippen LogP contribution in [-0.2, 0) is 21.1 Å². The van der Waals surface area contributed by atoms with Gasteiger partial charge in [0.25, 0.3) is 0 Å². The fourth-order valence-corrected chi connectivity index (χ4v) is 0.739. The molecule has 0 aromatic rings. The maximum Gasteiger partial charge on any atom is 0 e. The Morgan fingerprint density at radius 1 is 1.20 bits per heavy atom. The minimum atomic E-state index is 0. The first-order valence-electron chi connectivity index (χ1n) is 2.61. The summed E-state index contributed by atoms with van der Waals surface area (Å²) >= 11 is 0. The first-order valence-corrected chi connectivity index (χ1v) is 2.61. The van der Waals surface area contributed by atoms with Crippen molar-refractivity contribution >= 4 is 0 Å². The first kappa shape index (κ1) is 16.8. The van der Waals surface area contributed by atoms with Gasteiger partial charge in [-0.05, 0) is 7.05 Å². The van der Waals surface area contributed by atoms with Crippen LogP contribution in [0.4, 0.5) is 0 Å². The van der Waals surface area contributed by atoms with Gasteiger partial charge in [-0.2, -0.15) is 0 Å². The molecule has 0 bridgehead atoms. The molecule has 1 rings (SSSR count). The fourth-order valence-electron chi connectivity index (χ4n) is 0.739. The molecule has 0 heterocycles. The van der Waals surface area contributed by atoms with E-state index in [1.165, 1.54) is 6.04 Å². The van der Waals surface area contributed by atoms with E-state index in [4.69, 9.17) is 0 Å². The van der Waals surface area contributed by atoms with E-state index in [9.17, 15) is 0 Å². The monoisotopic (exact) mass is 321 g/mol. The zero-order valence-corrected chi connectivity index (χ0v) is 9.16. The Bertz CT molecular complexity index is 73.3. The van der Waals surface area contributed by atoms with Gasteiger partial charge >= 0.3 is 0 Å². The molecule has 0 unspecified atom stereocenters. The van der Waals surface area contributed by atoms with E-state index < -0.39 is 0 Å².